The van der Waals surface area contributed by atoms with Crippen molar-refractivity contribution in [3.05, 3.63) is 114 Å². The SMILES string of the molecule is CC/C(=C(/c1ccccc1)c1ccc(OCCNC(=O)CCC[C@H]2CC(=O)C=CC2=O)cc1)c1ccccc1. The maximum atomic E-state index is 12.2. The first-order chi connectivity index (χ1) is 19.0. The molecule has 0 radical (unpaired) electrons. The summed E-state index contributed by atoms with van der Waals surface area (Å²) in [4.78, 5) is 35.5. The maximum absolute atomic E-state index is 12.2. The van der Waals surface area contributed by atoms with Crippen LogP contribution in [0.15, 0.2) is 97.1 Å². The van der Waals surface area contributed by atoms with Crippen molar-refractivity contribution in [1.29, 1.82) is 0 Å². The second kappa shape index (κ2) is 14.1. The van der Waals surface area contributed by atoms with E-state index in [1.165, 1.54) is 34.4 Å². The largest absolute Gasteiger partial charge is 0.492 e. The van der Waals surface area contributed by atoms with E-state index < -0.39 is 0 Å². The van der Waals surface area contributed by atoms with Gasteiger partial charge in [-0.25, -0.2) is 0 Å². The van der Waals surface area contributed by atoms with Gasteiger partial charge in [-0.2, -0.15) is 0 Å². The lowest BCUT2D eigenvalue weighted by Gasteiger charge is -2.17. The minimum absolute atomic E-state index is 0.0215. The average Bonchev–Trinajstić information content (AvgIpc) is 2.97. The van der Waals surface area contributed by atoms with Gasteiger partial charge in [0.15, 0.2) is 11.6 Å². The highest BCUT2D eigenvalue weighted by Crippen LogP contribution is 2.34. The van der Waals surface area contributed by atoms with Crippen LogP contribution in [0.1, 0.15) is 55.7 Å². The zero-order valence-corrected chi connectivity index (χ0v) is 22.4. The Bertz CT molecular complexity index is 1320. The summed E-state index contributed by atoms with van der Waals surface area (Å²) in [6.07, 6.45) is 5.29. The molecule has 0 aromatic heterocycles. The molecular formula is C34H35NO4. The van der Waals surface area contributed by atoms with Crippen molar-refractivity contribution in [2.24, 2.45) is 5.92 Å². The molecule has 0 saturated carbocycles. The number of hydrogen-bond acceptors (Lipinski definition) is 4. The van der Waals surface area contributed by atoms with Gasteiger partial charge in [0, 0.05) is 18.8 Å². The van der Waals surface area contributed by atoms with Gasteiger partial charge < -0.3 is 10.1 Å². The number of amides is 1. The minimum Gasteiger partial charge on any atom is -0.492 e. The molecule has 0 spiro atoms. The summed E-state index contributed by atoms with van der Waals surface area (Å²) in [7, 11) is 0. The molecule has 39 heavy (non-hydrogen) atoms. The molecule has 0 bridgehead atoms. The van der Waals surface area contributed by atoms with Crippen molar-refractivity contribution in [3.63, 3.8) is 0 Å². The molecule has 200 valence electrons. The van der Waals surface area contributed by atoms with E-state index >= 15 is 0 Å². The number of benzene rings is 3. The second-order valence-corrected chi connectivity index (χ2v) is 9.66. The van der Waals surface area contributed by atoms with Crippen molar-refractivity contribution >= 4 is 28.6 Å². The number of ketones is 2. The topological polar surface area (TPSA) is 72.5 Å². The van der Waals surface area contributed by atoms with Gasteiger partial charge in [0.1, 0.15) is 12.4 Å². The number of carbonyl (C=O) groups is 3. The molecule has 0 aliphatic heterocycles. The van der Waals surface area contributed by atoms with Crippen LogP contribution < -0.4 is 10.1 Å². The Labute approximate surface area is 230 Å². The Kier molecular flexibility index (Phi) is 10.0. The van der Waals surface area contributed by atoms with Crippen LogP contribution in [0.3, 0.4) is 0 Å². The van der Waals surface area contributed by atoms with E-state index in [9.17, 15) is 14.4 Å². The van der Waals surface area contributed by atoms with Crippen LogP contribution in [0.5, 0.6) is 5.75 Å². The van der Waals surface area contributed by atoms with Gasteiger partial charge in [0.25, 0.3) is 0 Å². The van der Waals surface area contributed by atoms with Crippen LogP contribution in [0.25, 0.3) is 11.1 Å². The van der Waals surface area contributed by atoms with Crippen LogP contribution in [-0.2, 0) is 14.4 Å². The van der Waals surface area contributed by atoms with Gasteiger partial charge >= 0.3 is 0 Å². The fourth-order valence-corrected chi connectivity index (χ4v) is 4.93. The Morgan fingerprint density at radius 2 is 1.49 bits per heavy atom. The van der Waals surface area contributed by atoms with Crippen molar-refractivity contribution in [1.82, 2.24) is 5.32 Å². The van der Waals surface area contributed by atoms with Gasteiger partial charge in [0.2, 0.25) is 5.91 Å². The highest BCUT2D eigenvalue weighted by atomic mass is 16.5. The van der Waals surface area contributed by atoms with E-state index in [2.05, 4.69) is 72.9 Å². The fraction of sp³-hybridized carbons (Fsp3) is 0.265. The molecular weight excluding hydrogens is 486 g/mol. The number of nitrogens with one attached hydrogen (secondary N) is 1. The quantitative estimate of drug-likeness (QED) is 0.220. The van der Waals surface area contributed by atoms with Crippen molar-refractivity contribution in [2.45, 2.75) is 39.0 Å². The van der Waals surface area contributed by atoms with E-state index in [0.717, 1.165) is 17.7 Å². The van der Waals surface area contributed by atoms with Crippen molar-refractivity contribution < 1.29 is 19.1 Å². The summed E-state index contributed by atoms with van der Waals surface area (Å²) in [6, 6.07) is 29.0. The lowest BCUT2D eigenvalue weighted by Crippen LogP contribution is -2.28. The molecule has 0 saturated heterocycles. The van der Waals surface area contributed by atoms with Gasteiger partial charge in [-0.1, -0.05) is 79.7 Å². The Morgan fingerprint density at radius 3 is 2.15 bits per heavy atom. The van der Waals surface area contributed by atoms with Gasteiger partial charge in [0.05, 0.1) is 6.54 Å². The first kappa shape index (κ1) is 27.8. The van der Waals surface area contributed by atoms with Crippen molar-refractivity contribution in [2.75, 3.05) is 13.2 Å². The summed E-state index contributed by atoms with van der Waals surface area (Å²) >= 11 is 0. The van der Waals surface area contributed by atoms with E-state index in [1.807, 2.05) is 24.3 Å². The minimum atomic E-state index is -0.292. The molecule has 3 aromatic rings. The molecule has 0 heterocycles. The molecule has 1 N–H and O–H groups in total. The Morgan fingerprint density at radius 1 is 0.846 bits per heavy atom. The van der Waals surface area contributed by atoms with Gasteiger partial charge in [-0.3, -0.25) is 14.4 Å². The summed E-state index contributed by atoms with van der Waals surface area (Å²) in [5.74, 6) is 0.326. The molecule has 5 heteroatoms. The molecule has 5 nitrogen and oxygen atoms in total. The van der Waals surface area contributed by atoms with E-state index in [1.54, 1.807) is 0 Å². The van der Waals surface area contributed by atoms with Crippen molar-refractivity contribution in [3.8, 4) is 5.75 Å². The normalized spacial score (nSPS) is 15.6. The average molecular weight is 522 g/mol. The molecule has 0 fully saturated rings. The third-order valence-corrected chi connectivity index (χ3v) is 6.92. The summed E-state index contributed by atoms with van der Waals surface area (Å²) in [6.45, 7) is 2.94. The molecule has 1 atom stereocenters. The molecule has 4 rings (SSSR count). The third kappa shape index (κ3) is 7.87. The highest BCUT2D eigenvalue weighted by molar-refractivity contribution is 6.05. The number of hydrogen-bond donors (Lipinski definition) is 1. The summed E-state index contributed by atoms with van der Waals surface area (Å²) in [5, 5.41) is 2.87. The van der Waals surface area contributed by atoms with Crippen LogP contribution >= 0.6 is 0 Å². The van der Waals surface area contributed by atoms with Crippen LogP contribution in [0, 0.1) is 5.92 Å². The number of carbonyl (C=O) groups excluding carboxylic acids is 3. The second-order valence-electron chi connectivity index (χ2n) is 9.66. The molecule has 1 aliphatic carbocycles. The first-order valence-corrected chi connectivity index (χ1v) is 13.6. The Hall–Kier alpha value is -4.25. The predicted octanol–water partition coefficient (Wildman–Crippen LogP) is 6.44. The summed E-state index contributed by atoms with van der Waals surface area (Å²) in [5.41, 5.74) is 6.00. The molecule has 1 amide bonds. The number of allylic oxidation sites excluding steroid dienone is 3. The van der Waals surface area contributed by atoms with Crippen LogP contribution in [0.4, 0.5) is 0 Å². The fourth-order valence-electron chi connectivity index (χ4n) is 4.93. The zero-order chi connectivity index (χ0) is 27.5. The lowest BCUT2D eigenvalue weighted by molar-refractivity contribution is -0.125. The van der Waals surface area contributed by atoms with Crippen LogP contribution in [0.2, 0.25) is 0 Å². The number of ether oxygens (including phenoxy) is 1. The van der Waals surface area contributed by atoms with Gasteiger partial charge in [-0.15, -0.1) is 0 Å². The van der Waals surface area contributed by atoms with E-state index in [4.69, 9.17) is 4.74 Å². The highest BCUT2D eigenvalue weighted by Gasteiger charge is 2.22. The van der Waals surface area contributed by atoms with E-state index in [0.29, 0.717) is 32.4 Å². The monoisotopic (exact) mass is 521 g/mol. The zero-order valence-electron chi connectivity index (χ0n) is 22.4. The lowest BCUT2D eigenvalue weighted by atomic mass is 9.88. The van der Waals surface area contributed by atoms with Gasteiger partial charge in [-0.05, 0) is 71.4 Å². The predicted molar refractivity (Wildman–Crippen MR) is 155 cm³/mol. The third-order valence-electron chi connectivity index (χ3n) is 6.92. The molecule has 1 aliphatic rings. The number of rotatable bonds is 12. The standard InChI is InChI=1S/C34H35NO4/c1-2-31(25-10-5-3-6-11-25)34(26-12-7-4-8-13-26)27-16-19-30(20-17-27)39-23-22-35-33(38)15-9-14-28-24-29(36)18-21-32(28)37/h3-8,10-13,16-21,28H,2,9,14-15,22-24H2,1H3,(H,35,38)/b34-31+/t28-/m0/s1. The van der Waals surface area contributed by atoms with Crippen LogP contribution in [-0.4, -0.2) is 30.6 Å². The Balaban J connectivity index is 1.31. The summed E-state index contributed by atoms with van der Waals surface area (Å²) < 4.78 is 5.87. The molecule has 0 unspecified atom stereocenters. The maximum Gasteiger partial charge on any atom is 0.220 e. The van der Waals surface area contributed by atoms with E-state index in [-0.39, 0.29) is 29.8 Å². The molecule has 3 aromatic carbocycles. The first-order valence-electron chi connectivity index (χ1n) is 13.6. The smallest absolute Gasteiger partial charge is 0.220 e.